The Hall–Kier alpha value is -1.02. The number of benzene rings is 1. The average Bonchev–Trinajstić information content (AvgIpc) is 3.03. The lowest BCUT2D eigenvalue weighted by Gasteiger charge is -2.30. The Labute approximate surface area is 104 Å². The van der Waals surface area contributed by atoms with Crippen molar-refractivity contribution >= 4 is 0 Å². The zero-order chi connectivity index (χ0) is 11.7. The van der Waals surface area contributed by atoms with Crippen molar-refractivity contribution < 1.29 is 4.74 Å². The topological polar surface area (TPSA) is 12.5 Å². The summed E-state index contributed by atoms with van der Waals surface area (Å²) in [7, 11) is 0. The first-order chi connectivity index (χ1) is 8.31. The molecular weight excluding hydrogens is 210 g/mol. The van der Waals surface area contributed by atoms with Gasteiger partial charge in [0.05, 0.1) is 6.10 Å². The zero-order valence-electron chi connectivity index (χ0n) is 10.6. The van der Waals surface area contributed by atoms with E-state index in [4.69, 9.17) is 4.74 Å². The standard InChI is InChI=1S/C15H21NO/c1-12-11-13(7-10-16-8-2-9-16)3-6-15(12)17-14-4-5-14/h3,6,11,14H,2,4-5,7-10H2,1H3. The van der Waals surface area contributed by atoms with Gasteiger partial charge in [0.2, 0.25) is 0 Å². The van der Waals surface area contributed by atoms with Gasteiger partial charge in [-0.2, -0.15) is 0 Å². The number of ether oxygens (including phenoxy) is 1. The molecule has 92 valence electrons. The summed E-state index contributed by atoms with van der Waals surface area (Å²) in [6.45, 7) is 5.96. The highest BCUT2D eigenvalue weighted by Crippen LogP contribution is 2.29. The number of aryl methyl sites for hydroxylation is 1. The summed E-state index contributed by atoms with van der Waals surface area (Å²) in [5, 5.41) is 0. The van der Waals surface area contributed by atoms with E-state index < -0.39 is 0 Å². The summed E-state index contributed by atoms with van der Waals surface area (Å²) in [5.41, 5.74) is 2.73. The summed E-state index contributed by atoms with van der Waals surface area (Å²) < 4.78 is 5.86. The highest BCUT2D eigenvalue weighted by atomic mass is 16.5. The number of rotatable bonds is 5. The predicted octanol–water partition coefficient (Wildman–Crippen LogP) is 2.78. The van der Waals surface area contributed by atoms with Crippen LogP contribution in [-0.2, 0) is 6.42 Å². The summed E-state index contributed by atoms with van der Waals surface area (Å²) in [6.07, 6.45) is 5.52. The van der Waals surface area contributed by atoms with Gasteiger partial charge in [-0.1, -0.05) is 12.1 Å². The van der Waals surface area contributed by atoms with Crippen molar-refractivity contribution in [2.45, 2.75) is 38.7 Å². The molecule has 0 atom stereocenters. The molecule has 2 nitrogen and oxygen atoms in total. The van der Waals surface area contributed by atoms with Crippen molar-refractivity contribution in [1.29, 1.82) is 0 Å². The van der Waals surface area contributed by atoms with E-state index in [-0.39, 0.29) is 0 Å². The second-order valence-electron chi connectivity index (χ2n) is 5.36. The fourth-order valence-electron chi connectivity index (χ4n) is 2.26. The third-order valence-electron chi connectivity index (χ3n) is 3.72. The number of nitrogens with zero attached hydrogens (tertiary/aromatic N) is 1. The van der Waals surface area contributed by atoms with Gasteiger partial charge in [0.25, 0.3) is 0 Å². The molecule has 3 rings (SSSR count). The van der Waals surface area contributed by atoms with Gasteiger partial charge in [-0.25, -0.2) is 0 Å². The van der Waals surface area contributed by atoms with E-state index in [2.05, 4.69) is 30.0 Å². The van der Waals surface area contributed by atoms with Crippen LogP contribution in [0.3, 0.4) is 0 Å². The lowest BCUT2D eigenvalue weighted by molar-refractivity contribution is 0.184. The van der Waals surface area contributed by atoms with Crippen LogP contribution in [-0.4, -0.2) is 30.6 Å². The molecule has 0 aromatic heterocycles. The first-order valence-corrected chi connectivity index (χ1v) is 6.80. The Kier molecular flexibility index (Phi) is 3.06. The van der Waals surface area contributed by atoms with Crippen molar-refractivity contribution in [1.82, 2.24) is 4.90 Å². The Bertz CT molecular complexity index is 394. The molecule has 0 spiro atoms. The molecule has 0 bridgehead atoms. The van der Waals surface area contributed by atoms with Gasteiger partial charge >= 0.3 is 0 Å². The van der Waals surface area contributed by atoms with E-state index in [1.54, 1.807) is 0 Å². The maximum atomic E-state index is 5.86. The van der Waals surface area contributed by atoms with Crippen LogP contribution >= 0.6 is 0 Å². The summed E-state index contributed by atoms with van der Waals surface area (Å²) in [4.78, 5) is 2.52. The molecule has 2 heteroatoms. The Morgan fingerprint density at radius 1 is 1.29 bits per heavy atom. The summed E-state index contributed by atoms with van der Waals surface area (Å²) >= 11 is 0. The van der Waals surface area contributed by atoms with E-state index in [0.29, 0.717) is 6.10 Å². The third kappa shape index (κ3) is 2.81. The van der Waals surface area contributed by atoms with Gasteiger partial charge in [-0.3, -0.25) is 0 Å². The van der Waals surface area contributed by atoms with Crippen molar-refractivity contribution in [2.75, 3.05) is 19.6 Å². The van der Waals surface area contributed by atoms with E-state index in [1.807, 2.05) is 0 Å². The second-order valence-corrected chi connectivity index (χ2v) is 5.36. The fourth-order valence-corrected chi connectivity index (χ4v) is 2.26. The Balaban J connectivity index is 1.58. The maximum absolute atomic E-state index is 5.86. The molecule has 0 amide bonds. The largest absolute Gasteiger partial charge is 0.490 e. The molecule has 1 aliphatic carbocycles. The van der Waals surface area contributed by atoms with Crippen LogP contribution in [0.2, 0.25) is 0 Å². The minimum atomic E-state index is 0.501. The molecule has 0 N–H and O–H groups in total. The minimum absolute atomic E-state index is 0.501. The molecule has 1 aromatic carbocycles. The van der Waals surface area contributed by atoms with E-state index in [1.165, 1.54) is 56.4 Å². The van der Waals surface area contributed by atoms with Gasteiger partial charge in [0.15, 0.2) is 0 Å². The Morgan fingerprint density at radius 3 is 2.71 bits per heavy atom. The normalized spacial score (nSPS) is 20.1. The molecule has 1 saturated carbocycles. The quantitative estimate of drug-likeness (QED) is 0.772. The summed E-state index contributed by atoms with van der Waals surface area (Å²) in [5.74, 6) is 1.08. The minimum Gasteiger partial charge on any atom is -0.490 e. The van der Waals surface area contributed by atoms with Crippen LogP contribution in [0.4, 0.5) is 0 Å². The lowest BCUT2D eigenvalue weighted by atomic mass is 10.1. The molecule has 17 heavy (non-hydrogen) atoms. The van der Waals surface area contributed by atoms with Crippen LogP contribution in [0.5, 0.6) is 5.75 Å². The highest BCUT2D eigenvalue weighted by molar-refractivity contribution is 5.36. The lowest BCUT2D eigenvalue weighted by Crippen LogP contribution is -2.38. The van der Waals surface area contributed by atoms with Gasteiger partial charge in [-0.15, -0.1) is 0 Å². The molecule has 1 heterocycles. The number of hydrogen-bond donors (Lipinski definition) is 0. The first-order valence-electron chi connectivity index (χ1n) is 6.80. The predicted molar refractivity (Wildman–Crippen MR) is 69.6 cm³/mol. The van der Waals surface area contributed by atoms with Gasteiger partial charge in [-0.05, 0) is 62.9 Å². The van der Waals surface area contributed by atoms with E-state index >= 15 is 0 Å². The average molecular weight is 231 g/mol. The molecule has 1 aliphatic heterocycles. The smallest absolute Gasteiger partial charge is 0.122 e. The number of hydrogen-bond acceptors (Lipinski definition) is 2. The fraction of sp³-hybridized carbons (Fsp3) is 0.600. The molecule has 0 unspecified atom stereocenters. The van der Waals surface area contributed by atoms with Crippen molar-refractivity contribution in [3.05, 3.63) is 29.3 Å². The van der Waals surface area contributed by atoms with E-state index in [9.17, 15) is 0 Å². The molecule has 1 saturated heterocycles. The molecule has 1 aromatic rings. The first kappa shape index (κ1) is 11.1. The monoisotopic (exact) mass is 231 g/mol. The van der Waals surface area contributed by atoms with Crippen molar-refractivity contribution in [2.24, 2.45) is 0 Å². The van der Waals surface area contributed by atoms with Gasteiger partial charge < -0.3 is 9.64 Å². The van der Waals surface area contributed by atoms with Crippen molar-refractivity contribution in [3.8, 4) is 5.75 Å². The van der Waals surface area contributed by atoms with E-state index in [0.717, 1.165) is 5.75 Å². The third-order valence-corrected chi connectivity index (χ3v) is 3.72. The molecule has 2 aliphatic rings. The van der Waals surface area contributed by atoms with Crippen molar-refractivity contribution in [3.63, 3.8) is 0 Å². The highest BCUT2D eigenvalue weighted by Gasteiger charge is 2.24. The van der Waals surface area contributed by atoms with Crippen LogP contribution in [0.25, 0.3) is 0 Å². The SMILES string of the molecule is Cc1cc(CCN2CCC2)ccc1OC1CC1. The van der Waals surface area contributed by atoms with Crippen LogP contribution < -0.4 is 4.74 Å². The molecule has 2 fully saturated rings. The van der Waals surface area contributed by atoms with Gasteiger partial charge in [0.1, 0.15) is 5.75 Å². The second kappa shape index (κ2) is 4.69. The zero-order valence-corrected chi connectivity index (χ0v) is 10.6. The van der Waals surface area contributed by atoms with Crippen LogP contribution in [0, 0.1) is 6.92 Å². The molecular formula is C15H21NO. The summed E-state index contributed by atoms with van der Waals surface area (Å²) in [6, 6.07) is 6.67. The maximum Gasteiger partial charge on any atom is 0.122 e. The molecule has 0 radical (unpaired) electrons. The number of likely N-dealkylation sites (tertiary alicyclic amines) is 1. The van der Waals surface area contributed by atoms with Gasteiger partial charge in [0, 0.05) is 6.54 Å². The van der Waals surface area contributed by atoms with Crippen LogP contribution in [0.1, 0.15) is 30.4 Å². The Morgan fingerprint density at radius 2 is 2.12 bits per heavy atom. The van der Waals surface area contributed by atoms with Crippen LogP contribution in [0.15, 0.2) is 18.2 Å².